The Morgan fingerprint density at radius 2 is 2.00 bits per heavy atom. The van der Waals surface area contributed by atoms with E-state index in [1.165, 1.54) is 6.33 Å². The van der Waals surface area contributed by atoms with Gasteiger partial charge in [-0.2, -0.15) is 0 Å². The first-order chi connectivity index (χ1) is 15.4. The maximum Gasteiger partial charge on any atom is 0.274 e. The molecule has 1 atom stereocenters. The van der Waals surface area contributed by atoms with Gasteiger partial charge in [0.15, 0.2) is 5.69 Å². The second-order valence-electron chi connectivity index (χ2n) is 8.50. The number of hydrogen-bond donors (Lipinski definition) is 2. The van der Waals surface area contributed by atoms with Gasteiger partial charge < -0.3 is 24.8 Å². The third-order valence-electron chi connectivity index (χ3n) is 6.05. The highest BCUT2D eigenvalue weighted by Crippen LogP contribution is 2.39. The fourth-order valence-electron chi connectivity index (χ4n) is 4.26. The van der Waals surface area contributed by atoms with Crippen molar-refractivity contribution >= 4 is 17.7 Å². The van der Waals surface area contributed by atoms with Crippen LogP contribution in [0.3, 0.4) is 0 Å². The first-order valence-corrected chi connectivity index (χ1v) is 11.0. The molecule has 0 saturated heterocycles. The number of fused-ring (bicyclic) bond motifs is 1. The highest BCUT2D eigenvalue weighted by molar-refractivity contribution is 6.07. The Kier molecular flexibility index (Phi) is 5.90. The smallest absolute Gasteiger partial charge is 0.274 e. The Balaban J connectivity index is 1.60. The summed E-state index contributed by atoms with van der Waals surface area (Å²) in [4.78, 5) is 45.4. The van der Waals surface area contributed by atoms with Crippen molar-refractivity contribution in [2.45, 2.75) is 57.8 Å². The van der Waals surface area contributed by atoms with Gasteiger partial charge in [0, 0.05) is 24.7 Å². The van der Waals surface area contributed by atoms with E-state index >= 15 is 0 Å². The average molecular weight is 440 g/mol. The van der Waals surface area contributed by atoms with Crippen LogP contribution >= 0.6 is 0 Å². The zero-order chi connectivity index (χ0) is 22.9. The number of amides is 3. The van der Waals surface area contributed by atoms with Crippen LogP contribution in [0.1, 0.15) is 59.7 Å². The van der Waals surface area contributed by atoms with E-state index in [0.29, 0.717) is 12.3 Å². The molecule has 4 rings (SSSR count). The van der Waals surface area contributed by atoms with Gasteiger partial charge in [-0.3, -0.25) is 14.4 Å². The van der Waals surface area contributed by atoms with Gasteiger partial charge in [-0.1, -0.05) is 25.1 Å². The molecule has 9 nitrogen and oxygen atoms in total. The summed E-state index contributed by atoms with van der Waals surface area (Å²) in [7, 11) is 1.59. The van der Waals surface area contributed by atoms with E-state index in [1.54, 1.807) is 23.5 Å². The van der Waals surface area contributed by atoms with Crippen molar-refractivity contribution in [3.05, 3.63) is 47.5 Å². The number of ether oxygens (including phenoxy) is 1. The quantitative estimate of drug-likeness (QED) is 0.652. The predicted molar refractivity (Wildman–Crippen MR) is 117 cm³/mol. The average Bonchev–Trinajstić information content (AvgIpc) is 3.53. The third-order valence-corrected chi connectivity index (χ3v) is 6.05. The minimum atomic E-state index is -1.09. The highest BCUT2D eigenvalue weighted by Gasteiger charge is 2.53. The van der Waals surface area contributed by atoms with Gasteiger partial charge in [-0.15, -0.1) is 0 Å². The number of rotatable bonds is 8. The molecule has 1 aromatic carbocycles. The van der Waals surface area contributed by atoms with Crippen LogP contribution < -0.4 is 15.4 Å². The van der Waals surface area contributed by atoms with Gasteiger partial charge in [0.25, 0.3) is 11.8 Å². The summed E-state index contributed by atoms with van der Waals surface area (Å²) in [6, 6.07) is 7.47. The molecule has 0 radical (unpaired) electrons. The van der Waals surface area contributed by atoms with E-state index in [0.717, 1.165) is 24.8 Å². The molecule has 32 heavy (non-hydrogen) atoms. The lowest BCUT2D eigenvalue weighted by molar-refractivity contribution is -0.133. The molecule has 2 aliphatic rings. The van der Waals surface area contributed by atoms with Crippen LogP contribution in [0, 0.1) is 0 Å². The Labute approximate surface area is 187 Å². The molecule has 9 heteroatoms. The van der Waals surface area contributed by atoms with Crippen LogP contribution in [0.5, 0.6) is 5.75 Å². The molecule has 1 aliphatic carbocycles. The Hall–Kier alpha value is -3.36. The third kappa shape index (κ3) is 3.83. The number of nitrogens with one attached hydrogen (secondary N) is 2. The number of benzene rings is 1. The van der Waals surface area contributed by atoms with Crippen molar-refractivity contribution in [2.75, 3.05) is 13.7 Å². The number of carbonyl (C=O) groups excluding carboxylic acids is 3. The molecule has 1 aromatic heterocycles. The van der Waals surface area contributed by atoms with Gasteiger partial charge in [0.2, 0.25) is 5.91 Å². The van der Waals surface area contributed by atoms with Crippen molar-refractivity contribution < 1.29 is 19.1 Å². The fraction of sp³-hybridized carbons (Fsp3) is 0.478. The lowest BCUT2D eigenvalue weighted by atomic mass is 9.93. The summed E-state index contributed by atoms with van der Waals surface area (Å²) < 4.78 is 7.00. The number of hydrogen-bond acceptors (Lipinski definition) is 5. The molecule has 1 aliphatic heterocycles. The van der Waals surface area contributed by atoms with Crippen LogP contribution in [0.4, 0.5) is 0 Å². The summed E-state index contributed by atoms with van der Waals surface area (Å²) in [5.41, 5.74) is 0.127. The van der Waals surface area contributed by atoms with Crippen molar-refractivity contribution in [3.63, 3.8) is 0 Å². The van der Waals surface area contributed by atoms with Gasteiger partial charge in [0.1, 0.15) is 17.0 Å². The van der Waals surface area contributed by atoms with Crippen LogP contribution in [0.15, 0.2) is 30.6 Å². The normalized spacial score (nSPS) is 20.0. The fourth-order valence-corrected chi connectivity index (χ4v) is 4.26. The highest BCUT2D eigenvalue weighted by atomic mass is 16.5. The van der Waals surface area contributed by atoms with Crippen LogP contribution in [0.25, 0.3) is 0 Å². The topological polar surface area (TPSA) is 106 Å². The number of para-hydroxylation sites is 1. The molecule has 1 fully saturated rings. The minimum absolute atomic E-state index is 0.0142. The summed E-state index contributed by atoms with van der Waals surface area (Å²) in [5.74, 6) is -0.252. The molecular weight excluding hydrogens is 410 g/mol. The number of imidazole rings is 1. The standard InChI is InChI=1S/C23H29N5O4/c1-4-11-24-20(29)18-19-21(30)28(16-9-10-16)23(2,13-27(19)14-26-18)22(31)25-12-15-7-5-6-8-17(15)32-3/h5-8,14,16H,4,9-13H2,1-3H3,(H,24,29)(H,25,31)/t23-/m0/s1. The molecule has 2 aromatic rings. The molecule has 2 N–H and O–H groups in total. The zero-order valence-electron chi connectivity index (χ0n) is 18.7. The summed E-state index contributed by atoms with van der Waals surface area (Å²) >= 11 is 0. The van der Waals surface area contributed by atoms with Gasteiger partial charge in [-0.05, 0) is 32.3 Å². The van der Waals surface area contributed by atoms with Gasteiger partial charge in [0.05, 0.1) is 20.0 Å². The monoisotopic (exact) mass is 439 g/mol. The molecule has 0 unspecified atom stereocenters. The number of nitrogens with zero attached hydrogens (tertiary/aromatic N) is 3. The number of aromatic nitrogens is 2. The molecule has 1 saturated carbocycles. The molecule has 0 bridgehead atoms. The minimum Gasteiger partial charge on any atom is -0.496 e. The van der Waals surface area contributed by atoms with E-state index in [2.05, 4.69) is 15.6 Å². The maximum atomic E-state index is 13.5. The SMILES string of the molecule is CCCNC(=O)c1ncn2c1C(=O)N(C1CC1)[C@](C)(C(=O)NCc1ccccc1OC)C2. The zero-order valence-corrected chi connectivity index (χ0v) is 18.7. The Morgan fingerprint density at radius 1 is 1.25 bits per heavy atom. The van der Waals surface area contributed by atoms with Crippen LogP contribution in [0.2, 0.25) is 0 Å². The van der Waals surface area contributed by atoms with E-state index in [4.69, 9.17) is 4.74 Å². The second kappa shape index (κ2) is 8.64. The summed E-state index contributed by atoms with van der Waals surface area (Å²) in [6.07, 6.45) is 3.94. The Morgan fingerprint density at radius 3 is 2.69 bits per heavy atom. The lowest BCUT2D eigenvalue weighted by Gasteiger charge is -2.44. The second-order valence-corrected chi connectivity index (χ2v) is 8.50. The number of carbonyl (C=O) groups is 3. The first kappa shape index (κ1) is 21.9. The van der Waals surface area contributed by atoms with Crippen molar-refractivity contribution in [2.24, 2.45) is 0 Å². The summed E-state index contributed by atoms with van der Waals surface area (Å²) in [5, 5.41) is 5.76. The first-order valence-electron chi connectivity index (χ1n) is 11.0. The van der Waals surface area contributed by atoms with E-state index in [9.17, 15) is 14.4 Å². The molecule has 170 valence electrons. The van der Waals surface area contributed by atoms with E-state index in [1.807, 2.05) is 31.2 Å². The van der Waals surface area contributed by atoms with Gasteiger partial charge >= 0.3 is 0 Å². The summed E-state index contributed by atoms with van der Waals surface area (Å²) in [6.45, 7) is 4.76. The predicted octanol–water partition coefficient (Wildman–Crippen LogP) is 1.72. The van der Waals surface area contributed by atoms with E-state index in [-0.39, 0.29) is 48.2 Å². The molecular formula is C23H29N5O4. The molecule has 0 spiro atoms. The van der Waals surface area contributed by atoms with Crippen LogP contribution in [-0.4, -0.2) is 57.4 Å². The molecule has 3 amide bonds. The van der Waals surface area contributed by atoms with Gasteiger partial charge in [-0.25, -0.2) is 4.98 Å². The maximum absolute atomic E-state index is 13.5. The van der Waals surface area contributed by atoms with Crippen LogP contribution in [-0.2, 0) is 17.9 Å². The number of methoxy groups -OCH3 is 1. The van der Waals surface area contributed by atoms with E-state index < -0.39 is 5.54 Å². The largest absolute Gasteiger partial charge is 0.496 e. The Bertz CT molecular complexity index is 1040. The molecule has 2 heterocycles. The van der Waals surface area contributed by atoms with Crippen molar-refractivity contribution in [1.29, 1.82) is 0 Å². The van der Waals surface area contributed by atoms with Crippen molar-refractivity contribution in [3.8, 4) is 5.75 Å². The lowest BCUT2D eigenvalue weighted by Crippen LogP contribution is -2.64. The van der Waals surface area contributed by atoms with Crippen molar-refractivity contribution in [1.82, 2.24) is 25.1 Å².